The topological polar surface area (TPSA) is 64.7 Å². The summed E-state index contributed by atoms with van der Waals surface area (Å²) in [6.07, 6.45) is 1.61. The summed E-state index contributed by atoms with van der Waals surface area (Å²) < 4.78 is 0. The molecule has 0 aliphatic heterocycles. The maximum absolute atomic E-state index is 10.6. The van der Waals surface area contributed by atoms with Gasteiger partial charge in [-0.2, -0.15) is 11.3 Å². The molecule has 2 aromatic rings. The lowest BCUT2D eigenvalue weighted by atomic mass is 10.2. The number of oxime groups is 1. The minimum atomic E-state index is -0.432. The Morgan fingerprint density at radius 2 is 2.33 bits per heavy atom. The highest BCUT2D eigenvalue weighted by Crippen LogP contribution is 2.13. The summed E-state index contributed by atoms with van der Waals surface area (Å²) in [5.41, 5.74) is 1.74. The fraction of sp³-hybridized carbons (Fsp3) is 0.0833. The predicted octanol–water partition coefficient (Wildman–Crippen LogP) is 3.21. The summed E-state index contributed by atoms with van der Waals surface area (Å²) >= 11 is 1.58. The number of benzene rings is 1. The molecule has 1 aromatic heterocycles. The standard InChI is InChI=1S/C12H10N2O3S/c15-14(16)12-3-1-2-10(6-12)8-17-13-7-11-4-5-18-9-11/h1-7,9H,8H2/b13-7-. The van der Waals surface area contributed by atoms with Gasteiger partial charge in [-0.3, -0.25) is 10.1 Å². The fourth-order valence-corrected chi connectivity index (χ4v) is 1.93. The third-order valence-electron chi connectivity index (χ3n) is 2.17. The molecule has 0 radical (unpaired) electrons. The van der Waals surface area contributed by atoms with E-state index in [9.17, 15) is 10.1 Å². The Kier molecular flexibility index (Phi) is 4.03. The van der Waals surface area contributed by atoms with Crippen molar-refractivity contribution < 1.29 is 9.76 Å². The number of hydrogen-bond donors (Lipinski definition) is 0. The van der Waals surface area contributed by atoms with Crippen LogP contribution in [0.5, 0.6) is 0 Å². The predicted molar refractivity (Wildman–Crippen MR) is 69.8 cm³/mol. The molecule has 5 nitrogen and oxygen atoms in total. The van der Waals surface area contributed by atoms with Gasteiger partial charge in [0, 0.05) is 17.7 Å². The Bertz CT molecular complexity index is 552. The largest absolute Gasteiger partial charge is 0.391 e. The van der Waals surface area contributed by atoms with E-state index in [1.165, 1.54) is 12.1 Å². The Balaban J connectivity index is 1.90. The number of rotatable bonds is 5. The van der Waals surface area contributed by atoms with Crippen molar-refractivity contribution in [1.82, 2.24) is 0 Å². The molecule has 0 aliphatic carbocycles. The highest BCUT2D eigenvalue weighted by atomic mass is 32.1. The van der Waals surface area contributed by atoms with Gasteiger partial charge in [-0.15, -0.1) is 0 Å². The molecule has 92 valence electrons. The van der Waals surface area contributed by atoms with Crippen molar-refractivity contribution in [2.75, 3.05) is 0 Å². The van der Waals surface area contributed by atoms with Gasteiger partial charge in [-0.1, -0.05) is 17.3 Å². The van der Waals surface area contributed by atoms with Gasteiger partial charge in [0.1, 0.15) is 6.61 Å². The summed E-state index contributed by atoms with van der Waals surface area (Å²) in [4.78, 5) is 15.2. The van der Waals surface area contributed by atoms with Crippen LogP contribution in [0.25, 0.3) is 0 Å². The van der Waals surface area contributed by atoms with E-state index < -0.39 is 4.92 Å². The molecule has 1 heterocycles. The Labute approximate surface area is 107 Å². The lowest BCUT2D eigenvalue weighted by molar-refractivity contribution is -0.384. The van der Waals surface area contributed by atoms with Crippen molar-refractivity contribution in [3.05, 3.63) is 62.3 Å². The lowest BCUT2D eigenvalue weighted by Crippen LogP contribution is -1.91. The van der Waals surface area contributed by atoms with Crippen LogP contribution in [0.4, 0.5) is 5.69 Å². The molecule has 1 aromatic carbocycles. The van der Waals surface area contributed by atoms with E-state index in [2.05, 4.69) is 5.16 Å². The number of nitrogens with zero attached hydrogens (tertiary/aromatic N) is 2. The van der Waals surface area contributed by atoms with Crippen molar-refractivity contribution >= 4 is 23.2 Å². The maximum Gasteiger partial charge on any atom is 0.269 e. The molecule has 0 saturated heterocycles. The first-order chi connectivity index (χ1) is 8.75. The first kappa shape index (κ1) is 12.3. The molecule has 0 spiro atoms. The van der Waals surface area contributed by atoms with Crippen molar-refractivity contribution in [1.29, 1.82) is 0 Å². The summed E-state index contributed by atoms with van der Waals surface area (Å²) in [5, 5.41) is 18.3. The van der Waals surface area contributed by atoms with Crippen molar-refractivity contribution in [2.45, 2.75) is 6.61 Å². The van der Waals surface area contributed by atoms with Gasteiger partial charge in [0.2, 0.25) is 0 Å². The molecule has 0 bridgehead atoms. The lowest BCUT2D eigenvalue weighted by Gasteiger charge is -1.99. The molecule has 6 heteroatoms. The van der Waals surface area contributed by atoms with Crippen molar-refractivity contribution in [2.24, 2.45) is 5.16 Å². The van der Waals surface area contributed by atoms with E-state index in [-0.39, 0.29) is 12.3 Å². The molecular weight excluding hydrogens is 252 g/mol. The minimum absolute atomic E-state index is 0.0536. The molecule has 0 aliphatic rings. The van der Waals surface area contributed by atoms with Crippen LogP contribution in [0.15, 0.2) is 46.2 Å². The fourth-order valence-electron chi connectivity index (χ4n) is 1.32. The van der Waals surface area contributed by atoms with Crippen LogP contribution in [0.3, 0.4) is 0 Å². The van der Waals surface area contributed by atoms with Crippen LogP contribution in [-0.4, -0.2) is 11.1 Å². The zero-order chi connectivity index (χ0) is 12.8. The monoisotopic (exact) mass is 262 g/mol. The van der Waals surface area contributed by atoms with E-state index >= 15 is 0 Å². The van der Waals surface area contributed by atoms with E-state index in [4.69, 9.17) is 4.84 Å². The quantitative estimate of drug-likeness (QED) is 0.472. The molecule has 18 heavy (non-hydrogen) atoms. The Morgan fingerprint density at radius 1 is 1.44 bits per heavy atom. The van der Waals surface area contributed by atoms with E-state index in [0.717, 1.165) is 5.56 Å². The van der Waals surface area contributed by atoms with Gasteiger partial charge in [-0.25, -0.2) is 0 Å². The van der Waals surface area contributed by atoms with E-state index in [1.54, 1.807) is 29.7 Å². The van der Waals surface area contributed by atoms with Gasteiger partial charge in [0.15, 0.2) is 0 Å². The summed E-state index contributed by atoms with van der Waals surface area (Å²) in [7, 11) is 0. The third kappa shape index (κ3) is 3.39. The van der Waals surface area contributed by atoms with Crippen molar-refractivity contribution in [3.8, 4) is 0 Å². The smallest absolute Gasteiger partial charge is 0.269 e. The summed E-state index contributed by atoms with van der Waals surface area (Å²) in [6, 6.07) is 8.22. The van der Waals surface area contributed by atoms with Gasteiger partial charge in [0.25, 0.3) is 5.69 Å². The number of hydrogen-bond acceptors (Lipinski definition) is 5. The van der Waals surface area contributed by atoms with Gasteiger partial charge < -0.3 is 4.84 Å². The molecule has 0 saturated carbocycles. The van der Waals surface area contributed by atoms with E-state index in [0.29, 0.717) is 5.56 Å². The number of nitro benzene ring substituents is 1. The first-order valence-electron chi connectivity index (χ1n) is 5.16. The van der Waals surface area contributed by atoms with Gasteiger partial charge in [0.05, 0.1) is 11.1 Å². The molecule has 0 unspecified atom stereocenters. The zero-order valence-corrected chi connectivity index (χ0v) is 10.2. The highest BCUT2D eigenvalue weighted by Gasteiger charge is 2.05. The van der Waals surface area contributed by atoms with E-state index in [1.807, 2.05) is 16.8 Å². The second-order valence-corrected chi connectivity index (χ2v) is 4.27. The number of nitro groups is 1. The Hall–Kier alpha value is -2.21. The van der Waals surface area contributed by atoms with Crippen LogP contribution < -0.4 is 0 Å². The highest BCUT2D eigenvalue weighted by molar-refractivity contribution is 7.08. The molecule has 0 amide bonds. The minimum Gasteiger partial charge on any atom is -0.391 e. The summed E-state index contributed by atoms with van der Waals surface area (Å²) in [5.74, 6) is 0. The average molecular weight is 262 g/mol. The first-order valence-corrected chi connectivity index (χ1v) is 6.11. The number of non-ortho nitro benzene ring substituents is 1. The average Bonchev–Trinajstić information content (AvgIpc) is 2.88. The normalized spacial score (nSPS) is 10.7. The SMILES string of the molecule is O=[N+]([O-])c1cccc(CO/N=C\c2ccsc2)c1. The molecule has 0 atom stereocenters. The van der Waals surface area contributed by atoms with Crippen LogP contribution in [0.2, 0.25) is 0 Å². The molecule has 0 N–H and O–H groups in total. The van der Waals surface area contributed by atoms with Crippen LogP contribution in [-0.2, 0) is 11.4 Å². The molecule has 2 rings (SSSR count). The van der Waals surface area contributed by atoms with Gasteiger partial charge >= 0.3 is 0 Å². The molecule has 0 fully saturated rings. The Morgan fingerprint density at radius 3 is 3.06 bits per heavy atom. The van der Waals surface area contributed by atoms with Crippen LogP contribution in [0.1, 0.15) is 11.1 Å². The zero-order valence-electron chi connectivity index (χ0n) is 9.35. The third-order valence-corrected chi connectivity index (χ3v) is 2.87. The second kappa shape index (κ2) is 5.92. The number of thiophene rings is 1. The van der Waals surface area contributed by atoms with Crippen LogP contribution >= 0.6 is 11.3 Å². The second-order valence-electron chi connectivity index (χ2n) is 3.49. The maximum atomic E-state index is 10.6. The van der Waals surface area contributed by atoms with Crippen molar-refractivity contribution in [3.63, 3.8) is 0 Å². The van der Waals surface area contributed by atoms with Crippen LogP contribution in [0, 0.1) is 10.1 Å². The summed E-state index contributed by atoms with van der Waals surface area (Å²) in [6.45, 7) is 0.211. The van der Waals surface area contributed by atoms with Gasteiger partial charge in [-0.05, 0) is 22.4 Å². The molecular formula is C12H10N2O3S.